The first kappa shape index (κ1) is 20.0. The van der Waals surface area contributed by atoms with Crippen LogP contribution >= 0.6 is 0 Å². The van der Waals surface area contributed by atoms with Gasteiger partial charge in [-0.3, -0.25) is 4.79 Å². The summed E-state index contributed by atoms with van der Waals surface area (Å²) < 4.78 is 45.0. The standard InChI is InChI=1S/C21H19F2N3O4/c22-15-2-1-3-16(23)17(15)21-26-18(20(24)27)19(30-21)12-4-6-13(7-5-12)29-11-14-10-25-8-9-28-14/h1-7,14,25H,8-11H2,(H2,24,27). The van der Waals surface area contributed by atoms with Gasteiger partial charge in [-0.2, -0.15) is 0 Å². The minimum absolute atomic E-state index is 0.0199. The predicted octanol–water partition coefficient (Wildman–Crippen LogP) is 2.75. The normalized spacial score (nSPS) is 16.4. The number of nitrogens with zero attached hydrogens (tertiary/aromatic N) is 1. The number of carbonyl (C=O) groups excluding carboxylic acids is 1. The van der Waals surface area contributed by atoms with Gasteiger partial charge in [-0.25, -0.2) is 13.8 Å². The molecule has 7 nitrogen and oxygen atoms in total. The highest BCUT2D eigenvalue weighted by atomic mass is 19.1. The Balaban J connectivity index is 1.58. The number of benzene rings is 2. The minimum Gasteiger partial charge on any atom is -0.491 e. The van der Waals surface area contributed by atoms with Crippen LogP contribution < -0.4 is 15.8 Å². The van der Waals surface area contributed by atoms with Gasteiger partial charge in [0, 0.05) is 18.7 Å². The number of amides is 1. The van der Waals surface area contributed by atoms with Gasteiger partial charge in [0.05, 0.1) is 6.61 Å². The molecule has 0 aliphatic carbocycles. The van der Waals surface area contributed by atoms with Crippen molar-refractivity contribution in [3.8, 4) is 28.5 Å². The van der Waals surface area contributed by atoms with Crippen molar-refractivity contribution in [2.75, 3.05) is 26.3 Å². The SMILES string of the molecule is NC(=O)c1nc(-c2c(F)cccc2F)oc1-c1ccc(OCC2CNCCO2)cc1. The summed E-state index contributed by atoms with van der Waals surface area (Å²) in [5, 5.41) is 3.22. The van der Waals surface area contributed by atoms with E-state index in [1.54, 1.807) is 24.3 Å². The molecule has 2 aromatic carbocycles. The zero-order valence-corrected chi connectivity index (χ0v) is 15.9. The van der Waals surface area contributed by atoms with Crippen LogP contribution in [0.5, 0.6) is 5.75 Å². The maximum absolute atomic E-state index is 14.1. The van der Waals surface area contributed by atoms with E-state index in [-0.39, 0.29) is 23.4 Å². The molecule has 3 aromatic rings. The topological polar surface area (TPSA) is 99.6 Å². The molecule has 9 heteroatoms. The molecular weight excluding hydrogens is 396 g/mol. The van der Waals surface area contributed by atoms with Crippen LogP contribution in [-0.2, 0) is 4.74 Å². The van der Waals surface area contributed by atoms with Gasteiger partial charge in [0.2, 0.25) is 5.89 Å². The molecule has 4 rings (SSSR count). The predicted molar refractivity (Wildman–Crippen MR) is 104 cm³/mol. The number of aromatic nitrogens is 1. The fourth-order valence-corrected chi connectivity index (χ4v) is 3.11. The first-order chi connectivity index (χ1) is 14.5. The zero-order chi connectivity index (χ0) is 21.1. The van der Waals surface area contributed by atoms with E-state index in [1.807, 2.05) is 0 Å². The Labute approximate surface area is 170 Å². The van der Waals surface area contributed by atoms with Gasteiger partial charge in [0.1, 0.15) is 35.7 Å². The van der Waals surface area contributed by atoms with Crippen molar-refractivity contribution in [3.63, 3.8) is 0 Å². The van der Waals surface area contributed by atoms with Crippen LogP contribution in [0.4, 0.5) is 8.78 Å². The van der Waals surface area contributed by atoms with E-state index in [4.69, 9.17) is 19.6 Å². The Morgan fingerprint density at radius 1 is 1.20 bits per heavy atom. The van der Waals surface area contributed by atoms with Crippen LogP contribution in [0.2, 0.25) is 0 Å². The van der Waals surface area contributed by atoms with Gasteiger partial charge in [-0.15, -0.1) is 0 Å². The lowest BCUT2D eigenvalue weighted by Gasteiger charge is -2.23. The molecule has 0 saturated carbocycles. The summed E-state index contributed by atoms with van der Waals surface area (Å²) in [7, 11) is 0. The second kappa shape index (κ2) is 8.60. The van der Waals surface area contributed by atoms with Crippen LogP contribution in [0, 0.1) is 11.6 Å². The molecular formula is C21H19F2N3O4. The van der Waals surface area contributed by atoms with Crippen LogP contribution in [0.1, 0.15) is 10.5 Å². The van der Waals surface area contributed by atoms with Gasteiger partial charge in [-0.05, 0) is 36.4 Å². The largest absolute Gasteiger partial charge is 0.491 e. The average molecular weight is 415 g/mol. The third-order valence-electron chi connectivity index (χ3n) is 4.59. The van der Waals surface area contributed by atoms with E-state index in [0.29, 0.717) is 31.1 Å². The number of primary amides is 1. The van der Waals surface area contributed by atoms with Crippen molar-refractivity contribution in [2.45, 2.75) is 6.10 Å². The highest BCUT2D eigenvalue weighted by Gasteiger charge is 2.24. The van der Waals surface area contributed by atoms with Crippen molar-refractivity contribution in [1.82, 2.24) is 10.3 Å². The van der Waals surface area contributed by atoms with Crippen molar-refractivity contribution >= 4 is 5.91 Å². The van der Waals surface area contributed by atoms with E-state index in [0.717, 1.165) is 18.7 Å². The van der Waals surface area contributed by atoms with Crippen LogP contribution in [0.25, 0.3) is 22.8 Å². The molecule has 30 heavy (non-hydrogen) atoms. The van der Waals surface area contributed by atoms with Crippen molar-refractivity contribution in [1.29, 1.82) is 0 Å². The van der Waals surface area contributed by atoms with E-state index in [1.165, 1.54) is 6.07 Å². The lowest BCUT2D eigenvalue weighted by Crippen LogP contribution is -2.41. The van der Waals surface area contributed by atoms with Gasteiger partial charge in [-0.1, -0.05) is 6.07 Å². The number of halogens is 2. The summed E-state index contributed by atoms with van der Waals surface area (Å²) in [6, 6.07) is 10.0. The maximum Gasteiger partial charge on any atom is 0.271 e. The molecule has 1 aliphatic rings. The number of rotatable bonds is 6. The lowest BCUT2D eigenvalue weighted by molar-refractivity contribution is 0.000197. The van der Waals surface area contributed by atoms with Crippen molar-refractivity contribution in [2.24, 2.45) is 5.73 Å². The molecule has 0 bridgehead atoms. The molecule has 1 amide bonds. The number of nitrogens with two attached hydrogens (primary N) is 1. The number of nitrogens with one attached hydrogen (secondary N) is 1. The molecule has 3 N–H and O–H groups in total. The smallest absolute Gasteiger partial charge is 0.271 e. The van der Waals surface area contributed by atoms with Gasteiger partial charge >= 0.3 is 0 Å². The minimum atomic E-state index is -0.876. The second-order valence-corrected chi connectivity index (χ2v) is 6.69. The number of hydrogen-bond donors (Lipinski definition) is 2. The van der Waals surface area contributed by atoms with Crippen LogP contribution in [-0.4, -0.2) is 43.3 Å². The summed E-state index contributed by atoms with van der Waals surface area (Å²) >= 11 is 0. The Morgan fingerprint density at radius 2 is 1.93 bits per heavy atom. The molecule has 0 radical (unpaired) electrons. The number of ether oxygens (including phenoxy) is 2. The van der Waals surface area contributed by atoms with Crippen molar-refractivity contribution < 1.29 is 27.5 Å². The third-order valence-corrected chi connectivity index (χ3v) is 4.59. The number of oxazole rings is 1. The molecule has 0 spiro atoms. The zero-order valence-electron chi connectivity index (χ0n) is 15.9. The molecule has 1 aromatic heterocycles. The molecule has 1 saturated heterocycles. The lowest BCUT2D eigenvalue weighted by atomic mass is 10.1. The second-order valence-electron chi connectivity index (χ2n) is 6.69. The molecule has 156 valence electrons. The van der Waals surface area contributed by atoms with Crippen LogP contribution in [0.15, 0.2) is 46.9 Å². The quantitative estimate of drug-likeness (QED) is 0.642. The van der Waals surface area contributed by atoms with Gasteiger partial charge < -0.3 is 24.9 Å². The highest BCUT2D eigenvalue weighted by Crippen LogP contribution is 2.33. The Hall–Kier alpha value is -3.30. The summed E-state index contributed by atoms with van der Waals surface area (Å²) in [6.45, 7) is 2.56. The van der Waals surface area contributed by atoms with E-state index >= 15 is 0 Å². The Morgan fingerprint density at radius 3 is 2.57 bits per heavy atom. The average Bonchev–Trinajstić information content (AvgIpc) is 3.19. The van der Waals surface area contributed by atoms with Gasteiger partial charge in [0.25, 0.3) is 5.91 Å². The van der Waals surface area contributed by atoms with Crippen molar-refractivity contribution in [3.05, 3.63) is 59.8 Å². The van der Waals surface area contributed by atoms with E-state index in [9.17, 15) is 13.6 Å². The monoisotopic (exact) mass is 415 g/mol. The molecule has 1 fully saturated rings. The first-order valence-corrected chi connectivity index (χ1v) is 9.33. The molecule has 1 unspecified atom stereocenters. The van der Waals surface area contributed by atoms with Gasteiger partial charge in [0.15, 0.2) is 11.5 Å². The fourth-order valence-electron chi connectivity index (χ4n) is 3.11. The molecule has 2 heterocycles. The van der Waals surface area contributed by atoms with E-state index < -0.39 is 23.1 Å². The van der Waals surface area contributed by atoms with Crippen LogP contribution in [0.3, 0.4) is 0 Å². The summed E-state index contributed by atoms with van der Waals surface area (Å²) in [4.78, 5) is 15.7. The van der Waals surface area contributed by atoms with E-state index in [2.05, 4.69) is 10.3 Å². The summed E-state index contributed by atoms with van der Waals surface area (Å²) in [5.41, 5.74) is 5.16. The summed E-state index contributed by atoms with van der Waals surface area (Å²) in [6.07, 6.45) is -0.0348. The number of carbonyl (C=O) groups is 1. The third kappa shape index (κ3) is 4.17. The molecule has 1 atom stereocenters. The molecule has 1 aliphatic heterocycles. The highest BCUT2D eigenvalue weighted by molar-refractivity contribution is 5.97. The Bertz CT molecular complexity index is 1030. The summed E-state index contributed by atoms with van der Waals surface area (Å²) in [5.74, 6) is -2.35. The number of hydrogen-bond acceptors (Lipinski definition) is 6. The fraction of sp³-hybridized carbons (Fsp3) is 0.238. The Kier molecular flexibility index (Phi) is 5.73. The first-order valence-electron chi connectivity index (χ1n) is 9.33. The number of morpholine rings is 1. The maximum atomic E-state index is 14.1.